The van der Waals surface area contributed by atoms with Crippen molar-refractivity contribution in [3.05, 3.63) is 88.2 Å². The second-order valence-electron chi connectivity index (χ2n) is 5.97. The summed E-state index contributed by atoms with van der Waals surface area (Å²) in [5, 5.41) is 3.95. The number of ether oxygens (including phenoxy) is 2. The van der Waals surface area contributed by atoms with Crippen LogP contribution >= 0.6 is 15.9 Å². The van der Waals surface area contributed by atoms with Crippen LogP contribution in [0.3, 0.4) is 0 Å². The van der Waals surface area contributed by atoms with Crippen LogP contribution in [-0.2, 0) is 0 Å². The highest BCUT2D eigenvalue weighted by molar-refractivity contribution is 9.10. The van der Waals surface area contributed by atoms with Gasteiger partial charge in [0.15, 0.2) is 11.5 Å². The van der Waals surface area contributed by atoms with Gasteiger partial charge in [0, 0.05) is 22.4 Å². The fourth-order valence-electron chi connectivity index (χ4n) is 2.44. The SMILES string of the molecule is CCOc1cc(C=NNC(=O)c2ccncc2)ccc1OC(=O)c1ccc(Br)cc1. The van der Waals surface area contributed by atoms with Crippen LogP contribution in [0.15, 0.2) is 76.6 Å². The summed E-state index contributed by atoms with van der Waals surface area (Å²) in [4.78, 5) is 28.2. The molecule has 0 unspecified atom stereocenters. The number of amides is 1. The van der Waals surface area contributed by atoms with E-state index in [0.29, 0.717) is 34.8 Å². The predicted molar refractivity (Wildman–Crippen MR) is 116 cm³/mol. The Hall–Kier alpha value is -3.52. The smallest absolute Gasteiger partial charge is 0.343 e. The highest BCUT2D eigenvalue weighted by Crippen LogP contribution is 2.29. The first-order valence-corrected chi connectivity index (χ1v) is 9.84. The Bertz CT molecular complexity index is 1050. The van der Waals surface area contributed by atoms with Crippen LogP contribution in [0.1, 0.15) is 33.2 Å². The Morgan fingerprint density at radius 1 is 1.03 bits per heavy atom. The maximum absolute atomic E-state index is 12.4. The summed E-state index contributed by atoms with van der Waals surface area (Å²) in [6.45, 7) is 2.22. The first kappa shape index (κ1) is 21.2. The van der Waals surface area contributed by atoms with Crippen molar-refractivity contribution in [3.8, 4) is 11.5 Å². The minimum atomic E-state index is -0.491. The van der Waals surface area contributed by atoms with Crippen molar-refractivity contribution in [3.63, 3.8) is 0 Å². The Labute approximate surface area is 181 Å². The topological polar surface area (TPSA) is 89.9 Å². The molecule has 3 aromatic rings. The van der Waals surface area contributed by atoms with E-state index in [4.69, 9.17) is 9.47 Å². The van der Waals surface area contributed by atoms with Gasteiger partial charge in [-0.25, -0.2) is 10.2 Å². The molecule has 1 heterocycles. The van der Waals surface area contributed by atoms with Gasteiger partial charge in [-0.15, -0.1) is 0 Å². The number of nitrogens with zero attached hydrogens (tertiary/aromatic N) is 2. The highest BCUT2D eigenvalue weighted by Gasteiger charge is 2.13. The Morgan fingerprint density at radius 2 is 1.77 bits per heavy atom. The molecule has 7 nitrogen and oxygen atoms in total. The molecule has 3 rings (SSSR count). The van der Waals surface area contributed by atoms with E-state index in [1.165, 1.54) is 18.6 Å². The van der Waals surface area contributed by atoms with E-state index >= 15 is 0 Å². The lowest BCUT2D eigenvalue weighted by atomic mass is 10.2. The molecule has 8 heteroatoms. The number of carbonyl (C=O) groups is 2. The zero-order valence-electron chi connectivity index (χ0n) is 16.0. The zero-order valence-corrected chi connectivity index (χ0v) is 17.6. The number of esters is 1. The molecule has 0 saturated heterocycles. The quantitative estimate of drug-likeness (QED) is 0.243. The monoisotopic (exact) mass is 467 g/mol. The molecule has 30 heavy (non-hydrogen) atoms. The van der Waals surface area contributed by atoms with Crippen molar-refractivity contribution in [1.29, 1.82) is 0 Å². The van der Waals surface area contributed by atoms with Gasteiger partial charge in [-0.05, 0) is 67.1 Å². The first-order chi connectivity index (χ1) is 14.6. The average molecular weight is 468 g/mol. The highest BCUT2D eigenvalue weighted by atomic mass is 79.9. The van der Waals surface area contributed by atoms with E-state index < -0.39 is 5.97 Å². The summed E-state index contributed by atoms with van der Waals surface area (Å²) in [6.07, 6.45) is 4.53. The van der Waals surface area contributed by atoms with E-state index in [0.717, 1.165) is 4.47 Å². The van der Waals surface area contributed by atoms with Gasteiger partial charge in [-0.2, -0.15) is 5.10 Å². The fourth-order valence-corrected chi connectivity index (χ4v) is 2.70. The van der Waals surface area contributed by atoms with Gasteiger partial charge in [0.05, 0.1) is 18.4 Å². The number of hydrogen-bond acceptors (Lipinski definition) is 6. The van der Waals surface area contributed by atoms with Gasteiger partial charge in [-0.1, -0.05) is 15.9 Å². The van der Waals surface area contributed by atoms with E-state index in [1.807, 2.05) is 6.92 Å². The molecule has 0 radical (unpaired) electrons. The van der Waals surface area contributed by atoms with Crippen LogP contribution in [0, 0.1) is 0 Å². The van der Waals surface area contributed by atoms with Crippen LogP contribution in [0.25, 0.3) is 0 Å². The number of carbonyl (C=O) groups excluding carboxylic acids is 2. The summed E-state index contributed by atoms with van der Waals surface area (Å²) in [5.41, 5.74) is 3.98. The van der Waals surface area contributed by atoms with Crippen molar-refractivity contribution in [2.24, 2.45) is 5.10 Å². The summed E-state index contributed by atoms with van der Waals surface area (Å²) in [5.74, 6) is -0.150. The van der Waals surface area contributed by atoms with Crippen molar-refractivity contribution < 1.29 is 19.1 Å². The summed E-state index contributed by atoms with van der Waals surface area (Å²) in [6, 6.07) is 15.0. The normalized spacial score (nSPS) is 10.6. The number of hydrogen-bond donors (Lipinski definition) is 1. The van der Waals surface area contributed by atoms with Crippen molar-refractivity contribution >= 4 is 34.0 Å². The van der Waals surface area contributed by atoms with E-state index in [9.17, 15) is 9.59 Å². The third-order valence-electron chi connectivity index (χ3n) is 3.87. The van der Waals surface area contributed by atoms with Crippen molar-refractivity contribution in [2.45, 2.75) is 6.92 Å². The molecule has 0 atom stereocenters. The Morgan fingerprint density at radius 3 is 2.47 bits per heavy atom. The van der Waals surface area contributed by atoms with Gasteiger partial charge in [0.2, 0.25) is 0 Å². The molecule has 0 bridgehead atoms. The molecule has 152 valence electrons. The lowest BCUT2D eigenvalue weighted by molar-refractivity contribution is 0.0728. The van der Waals surface area contributed by atoms with Crippen LogP contribution in [-0.4, -0.2) is 29.7 Å². The number of halogens is 1. The van der Waals surface area contributed by atoms with Crippen LogP contribution in [0.2, 0.25) is 0 Å². The third kappa shape index (κ3) is 5.74. The van der Waals surface area contributed by atoms with Gasteiger partial charge >= 0.3 is 5.97 Å². The molecule has 1 amide bonds. The Kier molecular flexibility index (Phi) is 7.29. The molecule has 0 saturated carbocycles. The lowest BCUT2D eigenvalue weighted by Crippen LogP contribution is -2.17. The van der Waals surface area contributed by atoms with Gasteiger partial charge in [0.1, 0.15) is 0 Å². The van der Waals surface area contributed by atoms with Crippen LogP contribution in [0.4, 0.5) is 0 Å². The van der Waals surface area contributed by atoms with Crippen LogP contribution < -0.4 is 14.9 Å². The molecule has 0 aliphatic rings. The fraction of sp³-hybridized carbons (Fsp3) is 0.0909. The average Bonchev–Trinajstić information content (AvgIpc) is 2.76. The van der Waals surface area contributed by atoms with Crippen molar-refractivity contribution in [2.75, 3.05) is 6.61 Å². The number of benzene rings is 2. The minimum Gasteiger partial charge on any atom is -0.490 e. The number of nitrogens with one attached hydrogen (secondary N) is 1. The molecular weight excluding hydrogens is 450 g/mol. The zero-order chi connectivity index (χ0) is 21.3. The van der Waals surface area contributed by atoms with Crippen molar-refractivity contribution in [1.82, 2.24) is 10.4 Å². The van der Waals surface area contributed by atoms with E-state index in [2.05, 4.69) is 31.4 Å². The summed E-state index contributed by atoms with van der Waals surface area (Å²) in [7, 11) is 0. The molecule has 0 spiro atoms. The molecule has 1 aromatic heterocycles. The third-order valence-corrected chi connectivity index (χ3v) is 4.40. The number of hydrazone groups is 1. The Balaban J connectivity index is 1.70. The maximum Gasteiger partial charge on any atom is 0.343 e. The van der Waals surface area contributed by atoms with E-state index in [-0.39, 0.29) is 5.91 Å². The molecule has 0 aliphatic heterocycles. The molecule has 0 aliphatic carbocycles. The van der Waals surface area contributed by atoms with Crippen LogP contribution in [0.5, 0.6) is 11.5 Å². The second-order valence-corrected chi connectivity index (χ2v) is 6.89. The maximum atomic E-state index is 12.4. The molecule has 0 fully saturated rings. The van der Waals surface area contributed by atoms with Gasteiger partial charge in [-0.3, -0.25) is 9.78 Å². The standard InChI is InChI=1S/C22H18BrN3O4/c1-2-29-20-13-15(14-25-26-21(27)16-9-11-24-12-10-16)3-8-19(20)30-22(28)17-4-6-18(23)7-5-17/h3-14H,2H2,1H3,(H,26,27). The molecular formula is C22H18BrN3O4. The minimum absolute atomic E-state index is 0.294. The number of rotatable bonds is 7. The van der Waals surface area contributed by atoms with Gasteiger partial charge < -0.3 is 9.47 Å². The number of aromatic nitrogens is 1. The summed E-state index contributed by atoms with van der Waals surface area (Å²) < 4.78 is 11.9. The predicted octanol–water partition coefficient (Wildman–Crippen LogP) is 4.23. The lowest BCUT2D eigenvalue weighted by Gasteiger charge is -2.11. The first-order valence-electron chi connectivity index (χ1n) is 9.05. The second kappa shape index (κ2) is 10.3. The largest absolute Gasteiger partial charge is 0.490 e. The molecule has 2 aromatic carbocycles. The number of pyridine rings is 1. The molecule has 1 N–H and O–H groups in total. The van der Waals surface area contributed by atoms with E-state index in [1.54, 1.807) is 54.6 Å². The van der Waals surface area contributed by atoms with Gasteiger partial charge in [0.25, 0.3) is 5.91 Å². The summed E-state index contributed by atoms with van der Waals surface area (Å²) >= 11 is 3.33.